The van der Waals surface area contributed by atoms with E-state index in [9.17, 15) is 9.59 Å². The number of rotatable bonds is 6. The molecule has 2 amide bonds. The Morgan fingerprint density at radius 3 is 2.64 bits per heavy atom. The maximum atomic E-state index is 12.2. The quantitative estimate of drug-likeness (QED) is 0.792. The number of furan rings is 1. The lowest BCUT2D eigenvalue weighted by molar-refractivity contribution is -0.127. The summed E-state index contributed by atoms with van der Waals surface area (Å²) in [7, 11) is 0. The summed E-state index contributed by atoms with van der Waals surface area (Å²) in [4.78, 5) is 23.9. The van der Waals surface area contributed by atoms with Crippen LogP contribution >= 0.6 is 0 Å². The third-order valence-corrected chi connectivity index (χ3v) is 4.17. The first-order valence-electron chi connectivity index (χ1n) is 7.54. The van der Waals surface area contributed by atoms with Gasteiger partial charge in [-0.25, -0.2) is 0 Å². The van der Waals surface area contributed by atoms with Crippen LogP contribution in [0.1, 0.15) is 33.5 Å². The maximum absolute atomic E-state index is 12.2. The van der Waals surface area contributed by atoms with Gasteiger partial charge >= 0.3 is 0 Å². The smallest absolute Gasteiger partial charge is 0.239 e. The predicted octanol–water partition coefficient (Wildman–Crippen LogP) is 2.25. The molecule has 1 aliphatic carbocycles. The SMILES string of the molecule is CC(C)=CC1C(C(=O)NCC(=O)NCc2ccco2)C1(C)C. The molecule has 1 fully saturated rings. The number of hydrogen-bond acceptors (Lipinski definition) is 3. The maximum Gasteiger partial charge on any atom is 0.239 e. The third kappa shape index (κ3) is 3.78. The van der Waals surface area contributed by atoms with Crippen LogP contribution in [-0.4, -0.2) is 18.4 Å². The zero-order valence-corrected chi connectivity index (χ0v) is 13.6. The van der Waals surface area contributed by atoms with E-state index in [0.29, 0.717) is 12.3 Å². The molecule has 1 aromatic heterocycles. The molecule has 5 nitrogen and oxygen atoms in total. The molecule has 0 aliphatic heterocycles. The molecule has 1 heterocycles. The Morgan fingerprint density at radius 1 is 1.32 bits per heavy atom. The predicted molar refractivity (Wildman–Crippen MR) is 83.8 cm³/mol. The fraction of sp³-hybridized carbons (Fsp3) is 0.529. The van der Waals surface area contributed by atoms with Gasteiger partial charge in [0.25, 0.3) is 0 Å². The fourth-order valence-electron chi connectivity index (χ4n) is 2.79. The molecule has 0 bridgehead atoms. The van der Waals surface area contributed by atoms with Crippen molar-refractivity contribution in [2.24, 2.45) is 17.3 Å². The van der Waals surface area contributed by atoms with Gasteiger partial charge in [0.1, 0.15) is 5.76 Å². The minimum absolute atomic E-state index is 0.00629. The first kappa shape index (κ1) is 16.3. The molecule has 120 valence electrons. The molecule has 1 aromatic rings. The lowest BCUT2D eigenvalue weighted by Gasteiger charge is -2.06. The number of amides is 2. The normalized spacial score (nSPS) is 21.8. The summed E-state index contributed by atoms with van der Waals surface area (Å²) in [5.74, 6) is 0.609. The average molecular weight is 304 g/mol. The summed E-state index contributed by atoms with van der Waals surface area (Å²) in [6.07, 6.45) is 3.70. The lowest BCUT2D eigenvalue weighted by atomic mass is 10.1. The van der Waals surface area contributed by atoms with Crippen LogP contribution in [0.2, 0.25) is 0 Å². The number of nitrogens with one attached hydrogen (secondary N) is 2. The van der Waals surface area contributed by atoms with Crippen LogP contribution in [0, 0.1) is 17.3 Å². The Balaban J connectivity index is 1.76. The summed E-state index contributed by atoms with van der Waals surface area (Å²) < 4.78 is 5.13. The standard InChI is InChI=1S/C17H24N2O3/c1-11(2)8-13-15(17(13,3)4)16(21)19-10-14(20)18-9-12-6-5-7-22-12/h5-8,13,15H,9-10H2,1-4H3,(H,18,20)(H,19,21). The number of carbonyl (C=O) groups excluding carboxylic acids is 2. The van der Waals surface area contributed by atoms with E-state index in [2.05, 4.69) is 30.6 Å². The summed E-state index contributed by atoms with van der Waals surface area (Å²) in [5, 5.41) is 5.43. The topological polar surface area (TPSA) is 71.3 Å². The molecule has 0 radical (unpaired) electrons. The Kier molecular flexibility index (Phi) is 4.74. The molecular weight excluding hydrogens is 280 g/mol. The molecule has 22 heavy (non-hydrogen) atoms. The Bertz CT molecular complexity index is 569. The second-order valence-electron chi connectivity index (χ2n) is 6.64. The zero-order chi connectivity index (χ0) is 16.3. The van der Waals surface area contributed by atoms with Crippen LogP contribution in [0.3, 0.4) is 0 Å². The Labute approximate surface area is 131 Å². The molecule has 5 heteroatoms. The number of allylic oxidation sites excluding steroid dienone is 2. The van der Waals surface area contributed by atoms with Gasteiger partial charge in [0.2, 0.25) is 11.8 Å². The summed E-state index contributed by atoms with van der Waals surface area (Å²) in [5.41, 5.74) is 1.18. The second-order valence-corrected chi connectivity index (χ2v) is 6.64. The van der Waals surface area contributed by atoms with Gasteiger partial charge in [-0.2, -0.15) is 0 Å². The molecule has 2 unspecified atom stereocenters. The van der Waals surface area contributed by atoms with E-state index in [4.69, 9.17) is 4.42 Å². The minimum Gasteiger partial charge on any atom is -0.467 e. The Hall–Kier alpha value is -2.04. The van der Waals surface area contributed by atoms with Gasteiger partial charge in [0, 0.05) is 0 Å². The van der Waals surface area contributed by atoms with Crippen LogP contribution in [0.25, 0.3) is 0 Å². The highest BCUT2D eigenvalue weighted by Crippen LogP contribution is 2.59. The molecule has 0 aromatic carbocycles. The molecule has 1 saturated carbocycles. The largest absolute Gasteiger partial charge is 0.467 e. The number of carbonyl (C=O) groups is 2. The highest BCUT2D eigenvalue weighted by molar-refractivity contribution is 5.88. The summed E-state index contributed by atoms with van der Waals surface area (Å²) in [6.45, 7) is 8.55. The molecular formula is C17H24N2O3. The first-order valence-corrected chi connectivity index (χ1v) is 7.54. The molecule has 0 saturated heterocycles. The van der Waals surface area contributed by atoms with Crippen LogP contribution < -0.4 is 10.6 Å². The van der Waals surface area contributed by atoms with Crippen molar-refractivity contribution in [2.75, 3.05) is 6.54 Å². The summed E-state index contributed by atoms with van der Waals surface area (Å²) in [6, 6.07) is 3.55. The second kappa shape index (κ2) is 6.38. The summed E-state index contributed by atoms with van der Waals surface area (Å²) >= 11 is 0. The first-order chi connectivity index (χ1) is 10.3. The van der Waals surface area contributed by atoms with Crippen molar-refractivity contribution in [1.82, 2.24) is 10.6 Å². The molecule has 2 rings (SSSR count). The fourth-order valence-corrected chi connectivity index (χ4v) is 2.79. The Morgan fingerprint density at radius 2 is 2.05 bits per heavy atom. The van der Waals surface area contributed by atoms with E-state index in [1.54, 1.807) is 18.4 Å². The van der Waals surface area contributed by atoms with Crippen molar-refractivity contribution < 1.29 is 14.0 Å². The van der Waals surface area contributed by atoms with E-state index in [1.807, 2.05) is 13.8 Å². The van der Waals surface area contributed by atoms with Crippen molar-refractivity contribution in [3.63, 3.8) is 0 Å². The average Bonchev–Trinajstić information content (AvgIpc) is 2.83. The van der Waals surface area contributed by atoms with E-state index in [-0.39, 0.29) is 35.6 Å². The van der Waals surface area contributed by atoms with Gasteiger partial charge in [-0.15, -0.1) is 0 Å². The molecule has 0 spiro atoms. The van der Waals surface area contributed by atoms with Gasteiger partial charge in [0.15, 0.2) is 0 Å². The van der Waals surface area contributed by atoms with Crippen molar-refractivity contribution in [1.29, 1.82) is 0 Å². The van der Waals surface area contributed by atoms with Crippen LogP contribution in [-0.2, 0) is 16.1 Å². The van der Waals surface area contributed by atoms with E-state index in [1.165, 1.54) is 5.57 Å². The van der Waals surface area contributed by atoms with Crippen molar-refractivity contribution in [3.8, 4) is 0 Å². The van der Waals surface area contributed by atoms with Crippen molar-refractivity contribution in [2.45, 2.75) is 34.2 Å². The molecule has 2 N–H and O–H groups in total. The highest BCUT2D eigenvalue weighted by atomic mass is 16.3. The van der Waals surface area contributed by atoms with E-state index < -0.39 is 0 Å². The van der Waals surface area contributed by atoms with Crippen LogP contribution in [0.5, 0.6) is 0 Å². The third-order valence-electron chi connectivity index (χ3n) is 4.17. The zero-order valence-electron chi connectivity index (χ0n) is 13.6. The van der Waals surface area contributed by atoms with Crippen molar-refractivity contribution in [3.05, 3.63) is 35.8 Å². The van der Waals surface area contributed by atoms with Crippen molar-refractivity contribution >= 4 is 11.8 Å². The molecule has 2 atom stereocenters. The van der Waals surface area contributed by atoms with E-state index in [0.717, 1.165) is 0 Å². The van der Waals surface area contributed by atoms with Gasteiger partial charge in [-0.05, 0) is 37.3 Å². The monoisotopic (exact) mass is 304 g/mol. The van der Waals surface area contributed by atoms with Gasteiger partial charge in [0.05, 0.1) is 25.3 Å². The lowest BCUT2D eigenvalue weighted by Crippen LogP contribution is -2.37. The minimum atomic E-state index is -0.220. The van der Waals surface area contributed by atoms with Gasteiger partial charge in [-0.3, -0.25) is 9.59 Å². The van der Waals surface area contributed by atoms with Gasteiger partial charge < -0.3 is 15.1 Å². The van der Waals surface area contributed by atoms with E-state index >= 15 is 0 Å². The van der Waals surface area contributed by atoms with Crippen LogP contribution in [0.4, 0.5) is 0 Å². The van der Waals surface area contributed by atoms with Gasteiger partial charge in [-0.1, -0.05) is 25.5 Å². The van der Waals surface area contributed by atoms with Crippen LogP contribution in [0.15, 0.2) is 34.5 Å². The molecule has 1 aliphatic rings. The number of hydrogen-bond donors (Lipinski definition) is 2. The highest BCUT2D eigenvalue weighted by Gasteiger charge is 2.60.